The first kappa shape index (κ1) is 17.3. The number of nitrogens with zero attached hydrogens (tertiary/aromatic N) is 5. The summed E-state index contributed by atoms with van der Waals surface area (Å²) >= 11 is 0. The molecule has 0 amide bonds. The second-order valence-electron chi connectivity index (χ2n) is 7.23. The monoisotopic (exact) mass is 380 g/mol. The molecule has 6 nitrogen and oxygen atoms in total. The van der Waals surface area contributed by atoms with Crippen LogP contribution in [-0.4, -0.2) is 30.2 Å². The fourth-order valence-electron chi connectivity index (χ4n) is 3.78. The van der Waals surface area contributed by atoms with E-state index in [1.807, 2.05) is 31.3 Å². The number of aromatic nitrogens is 6. The Hall–Kier alpha value is -3.80. The molecule has 5 aromatic rings. The Morgan fingerprint density at radius 3 is 2.48 bits per heavy atom. The maximum absolute atomic E-state index is 4.41. The summed E-state index contributed by atoms with van der Waals surface area (Å²) in [5, 5.41) is 15.7. The molecule has 142 valence electrons. The van der Waals surface area contributed by atoms with Crippen LogP contribution in [0.5, 0.6) is 0 Å². The zero-order valence-corrected chi connectivity index (χ0v) is 16.3. The molecule has 0 saturated heterocycles. The van der Waals surface area contributed by atoms with Crippen LogP contribution in [0.15, 0.2) is 66.9 Å². The van der Waals surface area contributed by atoms with Gasteiger partial charge in [0.1, 0.15) is 0 Å². The van der Waals surface area contributed by atoms with Crippen LogP contribution in [0, 0.1) is 13.8 Å². The molecule has 1 N–H and O–H groups in total. The van der Waals surface area contributed by atoms with Gasteiger partial charge in [-0.05, 0) is 47.9 Å². The molecule has 0 spiro atoms. The third kappa shape index (κ3) is 3.18. The summed E-state index contributed by atoms with van der Waals surface area (Å²) in [4.78, 5) is 4.41. The van der Waals surface area contributed by atoms with E-state index in [4.69, 9.17) is 0 Å². The highest BCUT2D eigenvalue weighted by molar-refractivity contribution is 5.81. The molecule has 5 rings (SSSR count). The van der Waals surface area contributed by atoms with Crippen LogP contribution in [-0.2, 0) is 6.54 Å². The number of hydrogen-bond donors (Lipinski definition) is 1. The lowest BCUT2D eigenvalue weighted by Crippen LogP contribution is -2.01. The minimum absolute atomic E-state index is 0.600. The minimum atomic E-state index is 0.600. The molecule has 6 heteroatoms. The van der Waals surface area contributed by atoms with Gasteiger partial charge < -0.3 is 4.57 Å². The van der Waals surface area contributed by atoms with Crippen molar-refractivity contribution in [3.8, 4) is 22.5 Å². The van der Waals surface area contributed by atoms with Gasteiger partial charge in [-0.3, -0.25) is 4.98 Å². The van der Waals surface area contributed by atoms with Crippen LogP contribution >= 0.6 is 0 Å². The van der Waals surface area contributed by atoms with Crippen molar-refractivity contribution in [2.75, 3.05) is 0 Å². The fraction of sp³-hybridized carbons (Fsp3) is 0.130. The zero-order chi connectivity index (χ0) is 19.8. The topological polar surface area (TPSA) is 72.3 Å². The van der Waals surface area contributed by atoms with Gasteiger partial charge in [0.15, 0.2) is 0 Å². The molecule has 0 unspecified atom stereocenters. The third-order valence-electron chi connectivity index (χ3n) is 5.25. The Morgan fingerprint density at radius 2 is 1.72 bits per heavy atom. The number of aromatic amines is 1. The van der Waals surface area contributed by atoms with Gasteiger partial charge in [-0.2, -0.15) is 5.21 Å². The molecule has 0 aliphatic carbocycles. The van der Waals surface area contributed by atoms with Gasteiger partial charge in [-0.1, -0.05) is 48.5 Å². The number of tetrazole rings is 1. The highest BCUT2D eigenvalue weighted by Gasteiger charge is 2.11. The smallest absolute Gasteiger partial charge is 0.205 e. The van der Waals surface area contributed by atoms with Crippen molar-refractivity contribution in [1.82, 2.24) is 30.2 Å². The fourth-order valence-corrected chi connectivity index (χ4v) is 3.78. The summed E-state index contributed by atoms with van der Waals surface area (Å²) in [5.74, 6) is 0.600. The summed E-state index contributed by atoms with van der Waals surface area (Å²) in [6.45, 7) is 5.00. The predicted molar refractivity (Wildman–Crippen MR) is 113 cm³/mol. The van der Waals surface area contributed by atoms with Crippen molar-refractivity contribution in [3.05, 3.63) is 83.8 Å². The van der Waals surface area contributed by atoms with Gasteiger partial charge >= 0.3 is 0 Å². The number of benzene rings is 2. The third-order valence-corrected chi connectivity index (χ3v) is 5.25. The molecule has 0 atom stereocenters. The lowest BCUT2D eigenvalue weighted by Gasteiger charge is -2.11. The van der Waals surface area contributed by atoms with E-state index in [1.165, 1.54) is 22.2 Å². The SMILES string of the molecule is Cc1cc2c(cn1)cc(C)n2Cc1ccc(-c2ccccc2-c2nn[nH]n2)cc1. The summed E-state index contributed by atoms with van der Waals surface area (Å²) in [6, 6.07) is 21.1. The molecule has 2 aromatic carbocycles. The first-order valence-electron chi connectivity index (χ1n) is 9.54. The molecule has 3 aromatic heterocycles. The number of pyridine rings is 1. The van der Waals surface area contributed by atoms with E-state index >= 15 is 0 Å². The van der Waals surface area contributed by atoms with Gasteiger partial charge in [0.2, 0.25) is 5.82 Å². The normalized spacial score (nSPS) is 11.2. The van der Waals surface area contributed by atoms with Crippen LogP contribution < -0.4 is 0 Å². The van der Waals surface area contributed by atoms with Crippen molar-refractivity contribution in [3.63, 3.8) is 0 Å². The number of fused-ring (bicyclic) bond motifs is 1. The number of H-pyrrole nitrogens is 1. The molecular weight excluding hydrogens is 360 g/mol. The zero-order valence-electron chi connectivity index (χ0n) is 16.3. The number of aryl methyl sites for hydroxylation is 2. The Morgan fingerprint density at radius 1 is 0.931 bits per heavy atom. The second-order valence-corrected chi connectivity index (χ2v) is 7.23. The molecule has 29 heavy (non-hydrogen) atoms. The van der Waals surface area contributed by atoms with Crippen LogP contribution in [0.25, 0.3) is 33.4 Å². The first-order valence-corrected chi connectivity index (χ1v) is 9.54. The minimum Gasteiger partial charge on any atom is -0.340 e. The first-order chi connectivity index (χ1) is 14.2. The van der Waals surface area contributed by atoms with Gasteiger partial charge in [0.25, 0.3) is 0 Å². The maximum atomic E-state index is 4.41. The Labute approximate surface area is 168 Å². The Kier molecular flexibility index (Phi) is 4.17. The van der Waals surface area contributed by atoms with E-state index in [-0.39, 0.29) is 0 Å². The molecule has 3 heterocycles. The average molecular weight is 380 g/mol. The molecule has 0 aliphatic heterocycles. The predicted octanol–water partition coefficient (Wildman–Crippen LogP) is 4.55. The van der Waals surface area contributed by atoms with Crippen LogP contribution in [0.3, 0.4) is 0 Å². The van der Waals surface area contributed by atoms with E-state index < -0.39 is 0 Å². The standard InChI is InChI=1S/C23H20N6/c1-15-11-22-19(13-24-15)12-16(2)29(22)14-17-7-9-18(10-8-17)20-5-3-4-6-21(20)23-25-27-28-26-23/h3-13H,14H2,1-2H3,(H,25,26,27,28). The van der Waals surface area contributed by atoms with Crippen molar-refractivity contribution in [1.29, 1.82) is 0 Å². The highest BCUT2D eigenvalue weighted by atomic mass is 15.5. The summed E-state index contributed by atoms with van der Waals surface area (Å²) in [5.41, 5.74) is 7.92. The van der Waals surface area contributed by atoms with E-state index in [0.717, 1.165) is 28.9 Å². The van der Waals surface area contributed by atoms with Gasteiger partial charge in [-0.15, -0.1) is 10.2 Å². The average Bonchev–Trinajstić information content (AvgIpc) is 3.38. The van der Waals surface area contributed by atoms with Crippen molar-refractivity contribution in [2.24, 2.45) is 0 Å². The summed E-state index contributed by atoms with van der Waals surface area (Å²) in [7, 11) is 0. The summed E-state index contributed by atoms with van der Waals surface area (Å²) in [6.07, 6.45) is 1.95. The number of nitrogens with one attached hydrogen (secondary N) is 1. The van der Waals surface area contributed by atoms with Crippen molar-refractivity contribution >= 4 is 10.9 Å². The van der Waals surface area contributed by atoms with Crippen LogP contribution in [0.1, 0.15) is 17.0 Å². The van der Waals surface area contributed by atoms with E-state index in [0.29, 0.717) is 5.82 Å². The van der Waals surface area contributed by atoms with Gasteiger partial charge in [0, 0.05) is 35.1 Å². The lowest BCUT2D eigenvalue weighted by molar-refractivity contribution is 0.804. The highest BCUT2D eigenvalue weighted by Crippen LogP contribution is 2.30. The largest absolute Gasteiger partial charge is 0.340 e. The molecule has 0 fully saturated rings. The molecule has 0 aliphatic rings. The molecule has 0 radical (unpaired) electrons. The van der Waals surface area contributed by atoms with Gasteiger partial charge in [0.05, 0.1) is 5.52 Å². The van der Waals surface area contributed by atoms with Gasteiger partial charge in [-0.25, -0.2) is 0 Å². The number of hydrogen-bond acceptors (Lipinski definition) is 4. The van der Waals surface area contributed by atoms with E-state index in [2.05, 4.69) is 79.6 Å². The Bertz CT molecular complexity index is 1280. The molecule has 0 saturated carbocycles. The van der Waals surface area contributed by atoms with Crippen LogP contribution in [0.4, 0.5) is 0 Å². The van der Waals surface area contributed by atoms with E-state index in [9.17, 15) is 0 Å². The lowest BCUT2D eigenvalue weighted by atomic mass is 9.98. The van der Waals surface area contributed by atoms with Crippen LogP contribution in [0.2, 0.25) is 0 Å². The molecular formula is C23H20N6. The van der Waals surface area contributed by atoms with Crippen molar-refractivity contribution in [2.45, 2.75) is 20.4 Å². The Balaban J connectivity index is 1.48. The van der Waals surface area contributed by atoms with Crippen molar-refractivity contribution < 1.29 is 0 Å². The summed E-state index contributed by atoms with van der Waals surface area (Å²) < 4.78 is 2.34. The number of rotatable bonds is 4. The molecule has 0 bridgehead atoms. The van der Waals surface area contributed by atoms with E-state index in [1.54, 1.807) is 0 Å². The maximum Gasteiger partial charge on any atom is 0.205 e. The second kappa shape index (κ2) is 6.98. The quantitative estimate of drug-likeness (QED) is 0.496.